The molecule has 1 N–H and O–H groups in total. The van der Waals surface area contributed by atoms with Crippen molar-refractivity contribution < 1.29 is 9.53 Å². The van der Waals surface area contributed by atoms with Crippen LogP contribution in [0.15, 0.2) is 35.7 Å². The van der Waals surface area contributed by atoms with E-state index in [1.165, 1.54) is 11.3 Å². The SMILES string of the molecule is Cc1cc(OC(C)C(=O)Nc2nc(-c3ccc(Cl)cc3Cl)cs2)cc(C)c1Cl. The molecule has 1 amide bonds. The lowest BCUT2D eigenvalue weighted by Crippen LogP contribution is -2.30. The maximum Gasteiger partial charge on any atom is 0.266 e. The standard InChI is InChI=1S/C20H17Cl3N2O2S/c1-10-6-14(7-11(2)18(10)23)27-12(3)19(26)25-20-24-17(9-28-20)15-5-4-13(21)8-16(15)22/h4-9,12H,1-3H3,(H,24,25,26). The Morgan fingerprint density at radius 3 is 2.46 bits per heavy atom. The third-order valence-electron chi connectivity index (χ3n) is 4.03. The fraction of sp³-hybridized carbons (Fsp3) is 0.200. The highest BCUT2D eigenvalue weighted by Gasteiger charge is 2.18. The van der Waals surface area contributed by atoms with Crippen LogP contribution in [0.4, 0.5) is 5.13 Å². The summed E-state index contributed by atoms with van der Waals surface area (Å²) < 4.78 is 5.76. The lowest BCUT2D eigenvalue weighted by Gasteiger charge is -2.15. The summed E-state index contributed by atoms with van der Waals surface area (Å²) in [5.41, 5.74) is 3.21. The number of hydrogen-bond donors (Lipinski definition) is 1. The summed E-state index contributed by atoms with van der Waals surface area (Å²) in [5, 5.41) is 6.80. The molecule has 0 spiro atoms. The fourth-order valence-electron chi connectivity index (χ4n) is 2.59. The molecule has 1 aromatic heterocycles. The Bertz CT molecular complexity index is 1010. The van der Waals surface area contributed by atoms with Gasteiger partial charge < -0.3 is 4.74 Å². The highest BCUT2D eigenvalue weighted by molar-refractivity contribution is 7.14. The van der Waals surface area contributed by atoms with E-state index >= 15 is 0 Å². The van der Waals surface area contributed by atoms with Gasteiger partial charge in [0.1, 0.15) is 5.75 Å². The molecule has 0 saturated carbocycles. The predicted octanol–water partition coefficient (Wildman–Crippen LogP) is 6.79. The topological polar surface area (TPSA) is 51.2 Å². The van der Waals surface area contributed by atoms with Crippen LogP contribution in [0.25, 0.3) is 11.3 Å². The Labute approximate surface area is 182 Å². The van der Waals surface area contributed by atoms with Crippen LogP contribution in [0.2, 0.25) is 15.1 Å². The number of ether oxygens (including phenoxy) is 1. The smallest absolute Gasteiger partial charge is 0.266 e. The Hall–Kier alpha value is -1.79. The van der Waals surface area contributed by atoms with Gasteiger partial charge in [-0.2, -0.15) is 0 Å². The zero-order valence-electron chi connectivity index (χ0n) is 15.3. The van der Waals surface area contributed by atoms with Crippen molar-refractivity contribution in [3.05, 3.63) is 61.9 Å². The monoisotopic (exact) mass is 454 g/mol. The number of nitrogens with one attached hydrogen (secondary N) is 1. The molecule has 0 radical (unpaired) electrons. The van der Waals surface area contributed by atoms with E-state index in [4.69, 9.17) is 39.5 Å². The Kier molecular flexibility index (Phi) is 6.50. The van der Waals surface area contributed by atoms with Crippen molar-refractivity contribution in [2.24, 2.45) is 0 Å². The van der Waals surface area contributed by atoms with Crippen molar-refractivity contribution in [3.63, 3.8) is 0 Å². The van der Waals surface area contributed by atoms with E-state index in [1.54, 1.807) is 25.1 Å². The number of benzene rings is 2. The molecule has 0 aliphatic carbocycles. The molecule has 4 nitrogen and oxygen atoms in total. The Balaban J connectivity index is 1.68. The van der Waals surface area contributed by atoms with Crippen LogP contribution >= 0.6 is 46.1 Å². The van der Waals surface area contributed by atoms with Gasteiger partial charge in [-0.05, 0) is 62.2 Å². The summed E-state index contributed by atoms with van der Waals surface area (Å²) in [4.78, 5) is 16.9. The molecule has 0 aliphatic heterocycles. The Morgan fingerprint density at radius 1 is 1.14 bits per heavy atom. The van der Waals surface area contributed by atoms with Crippen LogP contribution in [0.1, 0.15) is 18.1 Å². The van der Waals surface area contributed by atoms with E-state index < -0.39 is 6.10 Å². The second-order valence-corrected chi connectivity index (χ2v) is 8.36. The number of thiazole rings is 1. The molecule has 1 heterocycles. The second kappa shape index (κ2) is 8.70. The molecule has 0 bridgehead atoms. The van der Waals surface area contributed by atoms with Gasteiger partial charge in [0.2, 0.25) is 0 Å². The lowest BCUT2D eigenvalue weighted by molar-refractivity contribution is -0.122. The molecule has 2 aromatic carbocycles. The quantitative estimate of drug-likeness (QED) is 0.460. The van der Waals surface area contributed by atoms with Crippen LogP contribution in [0, 0.1) is 13.8 Å². The zero-order chi connectivity index (χ0) is 20.4. The molecular weight excluding hydrogens is 439 g/mol. The number of carbonyl (C=O) groups is 1. The third-order valence-corrected chi connectivity index (χ3v) is 5.94. The first-order valence-electron chi connectivity index (χ1n) is 8.40. The highest BCUT2D eigenvalue weighted by atomic mass is 35.5. The van der Waals surface area contributed by atoms with Gasteiger partial charge in [0.05, 0.1) is 10.7 Å². The molecule has 3 rings (SSSR count). The molecule has 146 valence electrons. The fourth-order valence-corrected chi connectivity index (χ4v) is 3.92. The van der Waals surface area contributed by atoms with E-state index in [9.17, 15) is 4.79 Å². The van der Waals surface area contributed by atoms with E-state index in [0.29, 0.717) is 31.6 Å². The van der Waals surface area contributed by atoms with Crippen LogP contribution in [0.5, 0.6) is 5.75 Å². The second-order valence-electron chi connectivity index (χ2n) is 6.28. The number of aryl methyl sites for hydroxylation is 2. The van der Waals surface area contributed by atoms with Crippen molar-refractivity contribution in [1.82, 2.24) is 4.98 Å². The van der Waals surface area contributed by atoms with E-state index in [0.717, 1.165) is 16.7 Å². The van der Waals surface area contributed by atoms with Crippen LogP contribution in [-0.4, -0.2) is 17.0 Å². The van der Waals surface area contributed by atoms with Crippen molar-refractivity contribution >= 4 is 57.2 Å². The van der Waals surface area contributed by atoms with Crippen LogP contribution in [-0.2, 0) is 4.79 Å². The summed E-state index contributed by atoms with van der Waals surface area (Å²) in [6, 6.07) is 8.81. The molecule has 28 heavy (non-hydrogen) atoms. The molecule has 8 heteroatoms. The number of amides is 1. The minimum Gasteiger partial charge on any atom is -0.481 e. The first kappa shape index (κ1) is 20.9. The van der Waals surface area contributed by atoms with Gasteiger partial charge in [-0.1, -0.05) is 34.8 Å². The van der Waals surface area contributed by atoms with Gasteiger partial charge in [-0.25, -0.2) is 4.98 Å². The number of anilines is 1. The predicted molar refractivity (Wildman–Crippen MR) is 117 cm³/mol. The van der Waals surface area contributed by atoms with Crippen molar-refractivity contribution in [3.8, 4) is 17.0 Å². The average Bonchev–Trinajstić information content (AvgIpc) is 3.07. The third kappa shape index (κ3) is 4.78. The van der Waals surface area contributed by atoms with Gasteiger partial charge in [0, 0.05) is 21.0 Å². The Morgan fingerprint density at radius 2 is 1.82 bits per heavy atom. The molecule has 1 unspecified atom stereocenters. The summed E-state index contributed by atoms with van der Waals surface area (Å²) >= 11 is 19.6. The maximum absolute atomic E-state index is 12.5. The number of rotatable bonds is 5. The van der Waals surface area contributed by atoms with Crippen molar-refractivity contribution in [2.45, 2.75) is 26.9 Å². The lowest BCUT2D eigenvalue weighted by atomic mass is 10.1. The van der Waals surface area contributed by atoms with Crippen LogP contribution < -0.4 is 10.1 Å². The maximum atomic E-state index is 12.5. The van der Waals surface area contributed by atoms with Gasteiger partial charge in [-0.3, -0.25) is 10.1 Å². The summed E-state index contributed by atoms with van der Waals surface area (Å²) in [6.45, 7) is 5.47. The first-order valence-corrected chi connectivity index (χ1v) is 10.4. The molecule has 0 saturated heterocycles. The van der Waals surface area contributed by atoms with Gasteiger partial charge >= 0.3 is 0 Å². The van der Waals surface area contributed by atoms with E-state index in [2.05, 4.69) is 10.3 Å². The van der Waals surface area contributed by atoms with E-state index in [-0.39, 0.29) is 5.91 Å². The highest BCUT2D eigenvalue weighted by Crippen LogP contribution is 2.32. The number of halogens is 3. The summed E-state index contributed by atoms with van der Waals surface area (Å²) in [5.74, 6) is 0.295. The van der Waals surface area contributed by atoms with Crippen molar-refractivity contribution in [2.75, 3.05) is 5.32 Å². The minimum atomic E-state index is -0.702. The number of nitrogens with zero attached hydrogens (tertiary/aromatic N) is 1. The van der Waals surface area contributed by atoms with Crippen molar-refractivity contribution in [1.29, 1.82) is 0 Å². The number of carbonyl (C=O) groups excluding carboxylic acids is 1. The number of hydrogen-bond acceptors (Lipinski definition) is 4. The molecule has 3 aromatic rings. The van der Waals surface area contributed by atoms with Gasteiger partial charge in [-0.15, -0.1) is 11.3 Å². The molecule has 0 fully saturated rings. The van der Waals surface area contributed by atoms with Gasteiger partial charge in [0.25, 0.3) is 5.91 Å². The summed E-state index contributed by atoms with van der Waals surface area (Å²) in [6.07, 6.45) is -0.702. The van der Waals surface area contributed by atoms with Gasteiger partial charge in [0.15, 0.2) is 11.2 Å². The molecule has 0 aliphatic rings. The average molecular weight is 456 g/mol. The zero-order valence-corrected chi connectivity index (χ0v) is 18.4. The van der Waals surface area contributed by atoms with Crippen LogP contribution in [0.3, 0.4) is 0 Å². The summed E-state index contributed by atoms with van der Waals surface area (Å²) in [7, 11) is 0. The largest absolute Gasteiger partial charge is 0.481 e. The molecule has 1 atom stereocenters. The normalized spacial score (nSPS) is 11.9. The van der Waals surface area contributed by atoms with E-state index in [1.807, 2.05) is 31.4 Å². The molecular formula is C20H17Cl3N2O2S. The number of aromatic nitrogens is 1. The minimum absolute atomic E-state index is 0.298. The first-order chi connectivity index (χ1) is 13.2.